The predicted molar refractivity (Wildman–Crippen MR) is 106 cm³/mol. The summed E-state index contributed by atoms with van der Waals surface area (Å²) < 4.78 is 5.53. The molecule has 0 radical (unpaired) electrons. The highest BCUT2D eigenvalue weighted by molar-refractivity contribution is 6.30. The van der Waals surface area contributed by atoms with Crippen LogP contribution in [0.2, 0.25) is 5.02 Å². The SMILES string of the molecule is Cl.NCCCCCCC(=O)NCC1(c2cccc(Cl)c2)CCOCC1. The summed E-state index contributed by atoms with van der Waals surface area (Å²) in [5.74, 6) is 0.135. The smallest absolute Gasteiger partial charge is 0.220 e. The van der Waals surface area contributed by atoms with Crippen LogP contribution in [0.25, 0.3) is 0 Å². The number of benzene rings is 1. The number of unbranched alkanes of at least 4 members (excludes halogenated alkanes) is 3. The third-order valence-electron chi connectivity index (χ3n) is 4.87. The summed E-state index contributed by atoms with van der Waals surface area (Å²) in [6.07, 6.45) is 6.55. The Bertz CT molecular complexity index is 520. The van der Waals surface area contributed by atoms with Crippen molar-refractivity contribution in [2.75, 3.05) is 26.3 Å². The number of nitrogens with two attached hydrogens (primary N) is 1. The standard InChI is InChI=1S/C19H29ClN2O2.ClH/c20-17-7-5-6-16(14-17)19(9-12-24-13-10-19)15-22-18(23)8-3-1-2-4-11-21;/h5-7,14H,1-4,8-13,15,21H2,(H,22,23);1H. The van der Waals surface area contributed by atoms with Crippen molar-refractivity contribution in [2.45, 2.75) is 50.4 Å². The Labute approximate surface area is 162 Å². The van der Waals surface area contributed by atoms with Crippen LogP contribution in [0.15, 0.2) is 24.3 Å². The van der Waals surface area contributed by atoms with E-state index in [-0.39, 0.29) is 23.7 Å². The fourth-order valence-corrected chi connectivity index (χ4v) is 3.48. The van der Waals surface area contributed by atoms with Crippen molar-refractivity contribution in [3.05, 3.63) is 34.9 Å². The molecule has 1 aliphatic heterocycles. The molecular formula is C19H30Cl2N2O2. The molecule has 6 heteroatoms. The summed E-state index contributed by atoms with van der Waals surface area (Å²) in [6.45, 7) is 2.83. The molecule has 1 aromatic carbocycles. The molecule has 1 fully saturated rings. The van der Waals surface area contributed by atoms with Gasteiger partial charge in [-0.05, 0) is 49.9 Å². The second-order valence-corrected chi connectivity index (χ2v) is 7.07. The molecule has 0 spiro atoms. The van der Waals surface area contributed by atoms with Gasteiger partial charge in [0.2, 0.25) is 5.91 Å². The van der Waals surface area contributed by atoms with Crippen LogP contribution in [-0.2, 0) is 14.9 Å². The molecule has 1 heterocycles. The van der Waals surface area contributed by atoms with Crippen molar-refractivity contribution in [2.24, 2.45) is 5.73 Å². The van der Waals surface area contributed by atoms with Gasteiger partial charge in [0.1, 0.15) is 0 Å². The van der Waals surface area contributed by atoms with E-state index >= 15 is 0 Å². The lowest BCUT2D eigenvalue weighted by Gasteiger charge is -2.38. The van der Waals surface area contributed by atoms with Crippen LogP contribution in [0.3, 0.4) is 0 Å². The van der Waals surface area contributed by atoms with Crippen molar-refractivity contribution < 1.29 is 9.53 Å². The number of carbonyl (C=O) groups excluding carboxylic acids is 1. The molecule has 1 saturated heterocycles. The minimum Gasteiger partial charge on any atom is -0.381 e. The van der Waals surface area contributed by atoms with Crippen molar-refractivity contribution in [3.63, 3.8) is 0 Å². The summed E-state index contributed by atoms with van der Waals surface area (Å²) in [6, 6.07) is 7.99. The summed E-state index contributed by atoms with van der Waals surface area (Å²) in [7, 11) is 0. The van der Waals surface area contributed by atoms with E-state index in [1.165, 1.54) is 5.56 Å². The zero-order valence-corrected chi connectivity index (χ0v) is 16.3. The number of hydrogen-bond donors (Lipinski definition) is 2. The molecule has 142 valence electrons. The Hall–Kier alpha value is -0.810. The van der Waals surface area contributed by atoms with Crippen molar-refractivity contribution in [1.29, 1.82) is 0 Å². The molecule has 4 nitrogen and oxygen atoms in total. The number of amides is 1. The molecule has 0 unspecified atom stereocenters. The maximum Gasteiger partial charge on any atom is 0.220 e. The second-order valence-electron chi connectivity index (χ2n) is 6.63. The van der Waals surface area contributed by atoms with Gasteiger partial charge in [0.15, 0.2) is 0 Å². The van der Waals surface area contributed by atoms with E-state index < -0.39 is 0 Å². The van der Waals surface area contributed by atoms with E-state index in [4.69, 9.17) is 22.1 Å². The Morgan fingerprint density at radius 2 is 1.92 bits per heavy atom. The lowest BCUT2D eigenvalue weighted by Crippen LogP contribution is -2.44. The van der Waals surface area contributed by atoms with Crippen LogP contribution < -0.4 is 11.1 Å². The Kier molecular flexibility index (Phi) is 10.4. The first-order valence-electron chi connectivity index (χ1n) is 8.97. The highest BCUT2D eigenvalue weighted by Crippen LogP contribution is 2.35. The molecule has 1 aromatic rings. The Balaban J connectivity index is 0.00000312. The van der Waals surface area contributed by atoms with Crippen LogP contribution in [0, 0.1) is 0 Å². The monoisotopic (exact) mass is 388 g/mol. The lowest BCUT2D eigenvalue weighted by atomic mass is 9.74. The quantitative estimate of drug-likeness (QED) is 0.631. The number of rotatable bonds is 9. The summed E-state index contributed by atoms with van der Waals surface area (Å²) in [5.41, 5.74) is 6.61. The van der Waals surface area contributed by atoms with Crippen LogP contribution in [-0.4, -0.2) is 32.2 Å². The third kappa shape index (κ3) is 7.14. The van der Waals surface area contributed by atoms with Crippen molar-refractivity contribution in [1.82, 2.24) is 5.32 Å². The van der Waals surface area contributed by atoms with Gasteiger partial charge < -0.3 is 15.8 Å². The summed E-state index contributed by atoms with van der Waals surface area (Å²) >= 11 is 6.17. The molecule has 0 saturated carbocycles. The first-order valence-corrected chi connectivity index (χ1v) is 9.35. The largest absolute Gasteiger partial charge is 0.381 e. The van der Waals surface area contributed by atoms with Crippen LogP contribution in [0.4, 0.5) is 0 Å². The fourth-order valence-electron chi connectivity index (χ4n) is 3.29. The first-order chi connectivity index (χ1) is 11.7. The van der Waals surface area contributed by atoms with E-state index in [9.17, 15) is 4.79 Å². The minimum absolute atomic E-state index is 0. The molecule has 0 aromatic heterocycles. The molecular weight excluding hydrogens is 359 g/mol. The predicted octanol–water partition coefficient (Wildman–Crippen LogP) is 3.84. The molecule has 25 heavy (non-hydrogen) atoms. The highest BCUT2D eigenvalue weighted by atomic mass is 35.5. The van der Waals surface area contributed by atoms with Gasteiger partial charge >= 0.3 is 0 Å². The molecule has 1 aliphatic rings. The molecule has 0 bridgehead atoms. The second kappa shape index (κ2) is 11.7. The summed E-state index contributed by atoms with van der Waals surface area (Å²) in [4.78, 5) is 12.2. The van der Waals surface area contributed by atoms with Crippen LogP contribution in [0.1, 0.15) is 50.5 Å². The van der Waals surface area contributed by atoms with E-state index in [0.29, 0.717) is 13.0 Å². The van der Waals surface area contributed by atoms with Gasteiger partial charge in [-0.3, -0.25) is 4.79 Å². The van der Waals surface area contributed by atoms with Crippen molar-refractivity contribution >= 4 is 29.9 Å². The molecule has 2 rings (SSSR count). The first kappa shape index (κ1) is 22.2. The maximum atomic E-state index is 12.2. The summed E-state index contributed by atoms with van der Waals surface area (Å²) in [5, 5.41) is 3.88. The van der Waals surface area contributed by atoms with E-state index in [2.05, 4.69) is 11.4 Å². The number of nitrogens with one attached hydrogen (secondary N) is 1. The van der Waals surface area contributed by atoms with Crippen molar-refractivity contribution in [3.8, 4) is 0 Å². The fraction of sp³-hybridized carbons (Fsp3) is 0.632. The molecule has 1 amide bonds. The van der Waals surface area contributed by atoms with Crippen LogP contribution >= 0.6 is 24.0 Å². The Morgan fingerprint density at radius 3 is 2.60 bits per heavy atom. The maximum absolute atomic E-state index is 12.2. The van der Waals surface area contributed by atoms with Gasteiger partial charge in [0, 0.05) is 36.6 Å². The van der Waals surface area contributed by atoms with Gasteiger partial charge in [0.25, 0.3) is 0 Å². The van der Waals surface area contributed by atoms with E-state index in [1.54, 1.807) is 0 Å². The minimum atomic E-state index is -0.0711. The molecule has 0 atom stereocenters. The average Bonchev–Trinajstić information content (AvgIpc) is 2.61. The van der Waals surface area contributed by atoms with E-state index in [1.807, 2.05) is 18.2 Å². The zero-order chi connectivity index (χ0) is 17.3. The number of halogens is 2. The van der Waals surface area contributed by atoms with Gasteiger partial charge in [-0.1, -0.05) is 36.6 Å². The van der Waals surface area contributed by atoms with Gasteiger partial charge in [0.05, 0.1) is 0 Å². The number of hydrogen-bond acceptors (Lipinski definition) is 3. The van der Waals surface area contributed by atoms with Gasteiger partial charge in [-0.2, -0.15) is 0 Å². The highest BCUT2D eigenvalue weighted by Gasteiger charge is 2.34. The van der Waals surface area contributed by atoms with Gasteiger partial charge in [-0.15, -0.1) is 12.4 Å². The topological polar surface area (TPSA) is 64.4 Å². The lowest BCUT2D eigenvalue weighted by molar-refractivity contribution is -0.121. The molecule has 3 N–H and O–H groups in total. The third-order valence-corrected chi connectivity index (χ3v) is 5.10. The molecule has 0 aliphatic carbocycles. The van der Waals surface area contributed by atoms with Crippen LogP contribution in [0.5, 0.6) is 0 Å². The van der Waals surface area contributed by atoms with E-state index in [0.717, 1.165) is 63.3 Å². The number of carbonyl (C=O) groups is 1. The van der Waals surface area contributed by atoms with Gasteiger partial charge in [-0.25, -0.2) is 0 Å². The average molecular weight is 389 g/mol. The zero-order valence-electron chi connectivity index (χ0n) is 14.8. The normalized spacial score (nSPS) is 16.1. The Morgan fingerprint density at radius 1 is 1.20 bits per heavy atom. The number of ether oxygens (including phenoxy) is 1.